The number of aromatic nitrogens is 1. The number of benzene rings is 1. The molecule has 8 nitrogen and oxygen atoms in total. The number of hydrogen-bond acceptors (Lipinski definition) is 5. The van der Waals surface area contributed by atoms with Gasteiger partial charge in [0.1, 0.15) is 5.69 Å². The van der Waals surface area contributed by atoms with Crippen LogP contribution in [0, 0.1) is 0 Å². The Labute approximate surface area is 162 Å². The number of pyridine rings is 1. The van der Waals surface area contributed by atoms with Crippen LogP contribution in [0.5, 0.6) is 0 Å². The molecule has 148 valence electrons. The van der Waals surface area contributed by atoms with E-state index in [0.29, 0.717) is 24.4 Å². The number of nitrogens with zero attached hydrogens (tertiary/aromatic N) is 1. The van der Waals surface area contributed by atoms with Crippen LogP contribution < -0.4 is 10.6 Å². The third-order valence-corrected chi connectivity index (χ3v) is 3.25. The van der Waals surface area contributed by atoms with Gasteiger partial charge in [-0.3, -0.25) is 9.78 Å². The van der Waals surface area contributed by atoms with Crippen LogP contribution in [0.25, 0.3) is 0 Å². The molecule has 1 amide bonds. The van der Waals surface area contributed by atoms with Gasteiger partial charge in [-0.2, -0.15) is 0 Å². The van der Waals surface area contributed by atoms with Gasteiger partial charge in [-0.15, -0.1) is 0 Å². The maximum Gasteiger partial charge on any atom is 0.328 e. The third kappa shape index (κ3) is 11.2. The number of hydrogen-bond donors (Lipinski definition) is 4. The van der Waals surface area contributed by atoms with E-state index in [2.05, 4.69) is 27.8 Å². The summed E-state index contributed by atoms with van der Waals surface area (Å²) in [6, 6.07) is 15.6. The number of amides is 1. The monoisotopic (exact) mass is 385 g/mol. The van der Waals surface area contributed by atoms with Crippen LogP contribution in [0.4, 0.5) is 0 Å². The Morgan fingerprint density at radius 2 is 1.54 bits per heavy atom. The van der Waals surface area contributed by atoms with E-state index < -0.39 is 11.9 Å². The fourth-order valence-electron chi connectivity index (χ4n) is 1.97. The Morgan fingerprint density at radius 3 is 2.11 bits per heavy atom. The third-order valence-electron chi connectivity index (χ3n) is 3.25. The average molecular weight is 385 g/mol. The normalized spacial score (nSPS) is 10.0. The van der Waals surface area contributed by atoms with Gasteiger partial charge in [0.25, 0.3) is 5.91 Å². The molecule has 1 heterocycles. The summed E-state index contributed by atoms with van der Waals surface area (Å²) < 4.78 is 0. The van der Waals surface area contributed by atoms with E-state index in [4.69, 9.17) is 10.2 Å². The van der Waals surface area contributed by atoms with Crippen molar-refractivity contribution in [1.29, 1.82) is 0 Å². The molecule has 0 bridgehead atoms. The molecule has 28 heavy (non-hydrogen) atoms. The summed E-state index contributed by atoms with van der Waals surface area (Å²) in [7, 11) is 0. The predicted octanol–water partition coefficient (Wildman–Crippen LogP) is 1.70. The van der Waals surface area contributed by atoms with Crippen LogP contribution in [0.2, 0.25) is 0 Å². The summed E-state index contributed by atoms with van der Waals surface area (Å²) >= 11 is 0. The fourth-order valence-corrected chi connectivity index (χ4v) is 1.97. The molecular weight excluding hydrogens is 362 g/mol. The van der Waals surface area contributed by atoms with Crippen LogP contribution in [-0.4, -0.2) is 46.1 Å². The minimum Gasteiger partial charge on any atom is -0.478 e. The molecule has 0 spiro atoms. The lowest BCUT2D eigenvalue weighted by molar-refractivity contribution is -0.134. The predicted molar refractivity (Wildman–Crippen MR) is 104 cm³/mol. The molecule has 0 radical (unpaired) electrons. The first-order valence-corrected chi connectivity index (χ1v) is 8.57. The molecule has 0 saturated heterocycles. The molecule has 0 aliphatic heterocycles. The van der Waals surface area contributed by atoms with Crippen molar-refractivity contribution in [3.8, 4) is 0 Å². The first kappa shape index (κ1) is 22.5. The molecule has 1 aromatic heterocycles. The number of aliphatic carboxylic acids is 2. The van der Waals surface area contributed by atoms with Crippen LogP contribution in [0.15, 0.2) is 66.9 Å². The first-order chi connectivity index (χ1) is 13.5. The Balaban J connectivity index is 0.000000416. The molecule has 2 aromatic rings. The summed E-state index contributed by atoms with van der Waals surface area (Å²) in [5, 5.41) is 21.8. The second-order valence-electron chi connectivity index (χ2n) is 5.50. The molecule has 0 unspecified atom stereocenters. The molecule has 0 atom stereocenters. The van der Waals surface area contributed by atoms with Gasteiger partial charge in [-0.25, -0.2) is 9.59 Å². The molecule has 0 fully saturated rings. The second kappa shape index (κ2) is 13.7. The first-order valence-electron chi connectivity index (χ1n) is 8.57. The summed E-state index contributed by atoms with van der Waals surface area (Å²) in [5.41, 5.74) is 1.73. The zero-order chi connectivity index (χ0) is 20.6. The van der Waals surface area contributed by atoms with Crippen molar-refractivity contribution in [3.63, 3.8) is 0 Å². The van der Waals surface area contributed by atoms with Crippen molar-refractivity contribution in [2.24, 2.45) is 0 Å². The Kier molecular flexibility index (Phi) is 11.0. The molecule has 0 aliphatic rings. The summed E-state index contributed by atoms with van der Waals surface area (Å²) in [5.74, 6) is -2.63. The van der Waals surface area contributed by atoms with E-state index >= 15 is 0 Å². The highest BCUT2D eigenvalue weighted by Crippen LogP contribution is 1.97. The van der Waals surface area contributed by atoms with E-state index in [9.17, 15) is 14.4 Å². The van der Waals surface area contributed by atoms with E-state index in [1.165, 1.54) is 5.56 Å². The van der Waals surface area contributed by atoms with Crippen molar-refractivity contribution < 1.29 is 24.6 Å². The molecule has 8 heteroatoms. The van der Waals surface area contributed by atoms with Crippen molar-refractivity contribution in [1.82, 2.24) is 15.6 Å². The van der Waals surface area contributed by atoms with E-state index in [1.807, 2.05) is 24.3 Å². The highest BCUT2D eigenvalue weighted by Gasteiger charge is 2.04. The molecule has 0 saturated carbocycles. The van der Waals surface area contributed by atoms with E-state index in [0.717, 1.165) is 19.5 Å². The quantitative estimate of drug-likeness (QED) is 0.382. The van der Waals surface area contributed by atoms with Gasteiger partial charge >= 0.3 is 11.9 Å². The maximum absolute atomic E-state index is 11.7. The molecular formula is C20H23N3O5. The topological polar surface area (TPSA) is 129 Å². The smallest absolute Gasteiger partial charge is 0.328 e. The fraction of sp³-hybridized carbons (Fsp3) is 0.200. The molecule has 2 rings (SSSR count). The molecule has 4 N–H and O–H groups in total. The van der Waals surface area contributed by atoms with Crippen LogP contribution in [-0.2, 0) is 16.1 Å². The Bertz CT molecular complexity index is 748. The second-order valence-corrected chi connectivity index (χ2v) is 5.50. The van der Waals surface area contributed by atoms with Gasteiger partial charge in [0, 0.05) is 31.4 Å². The van der Waals surface area contributed by atoms with Crippen LogP contribution in [0.3, 0.4) is 0 Å². The van der Waals surface area contributed by atoms with Gasteiger partial charge in [-0.1, -0.05) is 36.4 Å². The number of carboxylic acid groups (broad SMARTS) is 2. The summed E-state index contributed by atoms with van der Waals surface area (Å²) in [6.07, 6.45) is 3.63. The van der Waals surface area contributed by atoms with Crippen molar-refractivity contribution >= 4 is 17.8 Å². The SMILES string of the molecule is O=C(NCCCNCc1ccccc1)c1ccccn1.O=C(O)/C=C/C(=O)O. The number of carbonyl (C=O) groups excluding carboxylic acids is 1. The van der Waals surface area contributed by atoms with Gasteiger partial charge in [0.15, 0.2) is 0 Å². The van der Waals surface area contributed by atoms with Crippen LogP contribution in [0.1, 0.15) is 22.5 Å². The number of nitrogens with one attached hydrogen (secondary N) is 2. The average Bonchev–Trinajstić information content (AvgIpc) is 2.71. The number of carbonyl (C=O) groups is 3. The van der Waals surface area contributed by atoms with Crippen molar-refractivity contribution in [3.05, 3.63) is 78.1 Å². The van der Waals surface area contributed by atoms with Gasteiger partial charge in [0.05, 0.1) is 0 Å². The lowest BCUT2D eigenvalue weighted by Gasteiger charge is -2.06. The maximum atomic E-state index is 11.7. The van der Waals surface area contributed by atoms with Gasteiger partial charge < -0.3 is 20.8 Å². The molecule has 1 aromatic carbocycles. The zero-order valence-electron chi connectivity index (χ0n) is 15.2. The lowest BCUT2D eigenvalue weighted by atomic mass is 10.2. The molecule has 0 aliphatic carbocycles. The Morgan fingerprint density at radius 1 is 0.893 bits per heavy atom. The standard InChI is InChI=1S/C16H19N3O.C4H4O4/c20-16(15-9-4-5-11-18-15)19-12-6-10-17-13-14-7-2-1-3-8-14;5-3(6)1-2-4(7)8/h1-5,7-9,11,17H,6,10,12-13H2,(H,19,20);1-2H,(H,5,6)(H,7,8)/b;2-1+. The highest BCUT2D eigenvalue weighted by atomic mass is 16.4. The van der Waals surface area contributed by atoms with Gasteiger partial charge in [-0.05, 0) is 30.7 Å². The number of carboxylic acids is 2. The van der Waals surface area contributed by atoms with E-state index in [-0.39, 0.29) is 5.91 Å². The Hall–Kier alpha value is -3.52. The highest BCUT2D eigenvalue weighted by molar-refractivity contribution is 5.92. The van der Waals surface area contributed by atoms with E-state index in [1.54, 1.807) is 18.3 Å². The number of rotatable bonds is 9. The summed E-state index contributed by atoms with van der Waals surface area (Å²) in [4.78, 5) is 34.8. The largest absolute Gasteiger partial charge is 0.478 e. The van der Waals surface area contributed by atoms with Crippen molar-refractivity contribution in [2.45, 2.75) is 13.0 Å². The zero-order valence-corrected chi connectivity index (χ0v) is 15.2. The van der Waals surface area contributed by atoms with Crippen molar-refractivity contribution in [2.75, 3.05) is 13.1 Å². The minimum absolute atomic E-state index is 0.117. The summed E-state index contributed by atoms with van der Waals surface area (Å²) in [6.45, 7) is 2.38. The minimum atomic E-state index is -1.26. The van der Waals surface area contributed by atoms with Crippen LogP contribution >= 0.6 is 0 Å². The van der Waals surface area contributed by atoms with Gasteiger partial charge in [0.2, 0.25) is 0 Å². The lowest BCUT2D eigenvalue weighted by Crippen LogP contribution is -2.27.